The van der Waals surface area contributed by atoms with Crippen LogP contribution < -0.4 is 10.5 Å². The fraction of sp³-hybridized carbons (Fsp3) is 0.476. The normalized spacial score (nSPS) is 22.0. The Bertz CT molecular complexity index is 1200. The molecule has 1 aromatic heterocycles. The SMILES string of the molecule is NC(=O)C1CCCN(C(=O)CN2CCCC(NS(=O)(=O)c3cc4cc(Cl)ccc4s3)C2=O)C1. The van der Waals surface area contributed by atoms with E-state index in [1.165, 1.54) is 11.0 Å². The second-order valence-corrected chi connectivity index (χ2v) is 11.9. The van der Waals surface area contributed by atoms with Gasteiger partial charge in [0.05, 0.1) is 12.5 Å². The van der Waals surface area contributed by atoms with Crippen molar-refractivity contribution in [3.63, 3.8) is 0 Å². The van der Waals surface area contributed by atoms with Crippen molar-refractivity contribution in [1.82, 2.24) is 14.5 Å². The minimum Gasteiger partial charge on any atom is -0.369 e. The van der Waals surface area contributed by atoms with E-state index < -0.39 is 27.9 Å². The first-order chi connectivity index (χ1) is 15.6. The van der Waals surface area contributed by atoms with E-state index in [-0.39, 0.29) is 29.1 Å². The van der Waals surface area contributed by atoms with Crippen molar-refractivity contribution in [2.24, 2.45) is 11.7 Å². The molecule has 0 spiro atoms. The van der Waals surface area contributed by atoms with Gasteiger partial charge in [-0.05, 0) is 55.3 Å². The lowest BCUT2D eigenvalue weighted by Gasteiger charge is -2.35. The van der Waals surface area contributed by atoms with Crippen LogP contribution in [-0.2, 0) is 24.4 Å². The minimum atomic E-state index is -3.93. The lowest BCUT2D eigenvalue weighted by atomic mass is 9.97. The number of fused-ring (bicyclic) bond motifs is 1. The number of piperidine rings is 2. The van der Waals surface area contributed by atoms with E-state index in [0.717, 1.165) is 16.0 Å². The number of amides is 3. The highest BCUT2D eigenvalue weighted by molar-refractivity contribution is 7.91. The Kier molecular flexibility index (Phi) is 6.94. The van der Waals surface area contributed by atoms with Crippen molar-refractivity contribution in [2.75, 3.05) is 26.2 Å². The number of thiophene rings is 1. The number of primary amides is 1. The summed E-state index contributed by atoms with van der Waals surface area (Å²) < 4.78 is 29.3. The number of rotatable bonds is 6. The van der Waals surface area contributed by atoms with Gasteiger partial charge in [-0.25, -0.2) is 8.42 Å². The number of carbonyl (C=O) groups excluding carboxylic acids is 3. The van der Waals surface area contributed by atoms with Crippen molar-refractivity contribution in [2.45, 2.75) is 35.9 Å². The van der Waals surface area contributed by atoms with Crippen LogP contribution in [0.1, 0.15) is 25.7 Å². The van der Waals surface area contributed by atoms with E-state index in [1.807, 2.05) is 0 Å². The van der Waals surface area contributed by atoms with Gasteiger partial charge in [-0.3, -0.25) is 14.4 Å². The van der Waals surface area contributed by atoms with Crippen molar-refractivity contribution in [3.8, 4) is 0 Å². The summed E-state index contributed by atoms with van der Waals surface area (Å²) >= 11 is 7.09. The molecule has 12 heteroatoms. The summed E-state index contributed by atoms with van der Waals surface area (Å²) in [6, 6.07) is 5.73. The number of hydrogen-bond acceptors (Lipinski definition) is 6. The molecule has 4 rings (SSSR count). The Morgan fingerprint density at radius 1 is 1.18 bits per heavy atom. The fourth-order valence-corrected chi connectivity index (χ4v) is 7.07. The highest BCUT2D eigenvalue weighted by atomic mass is 35.5. The molecule has 2 aliphatic heterocycles. The van der Waals surface area contributed by atoms with E-state index in [0.29, 0.717) is 49.2 Å². The molecular formula is C21H25ClN4O5S2. The highest BCUT2D eigenvalue weighted by Crippen LogP contribution is 2.31. The van der Waals surface area contributed by atoms with Crippen LogP contribution in [0.4, 0.5) is 0 Å². The molecule has 33 heavy (non-hydrogen) atoms. The summed E-state index contributed by atoms with van der Waals surface area (Å²) in [5.41, 5.74) is 5.38. The first-order valence-electron chi connectivity index (χ1n) is 10.7. The van der Waals surface area contributed by atoms with Gasteiger partial charge in [0.2, 0.25) is 17.7 Å². The molecular weight excluding hydrogens is 488 g/mol. The maximum Gasteiger partial charge on any atom is 0.250 e. The number of carbonyl (C=O) groups is 3. The van der Waals surface area contributed by atoms with E-state index in [9.17, 15) is 22.8 Å². The molecule has 3 N–H and O–H groups in total. The lowest BCUT2D eigenvalue weighted by molar-refractivity contribution is -0.144. The quantitative estimate of drug-likeness (QED) is 0.606. The molecule has 2 aromatic rings. The maximum atomic E-state index is 13.0. The Morgan fingerprint density at radius 3 is 2.70 bits per heavy atom. The van der Waals surface area contributed by atoms with Gasteiger partial charge in [0.1, 0.15) is 10.3 Å². The third kappa shape index (κ3) is 5.32. The monoisotopic (exact) mass is 512 g/mol. The summed E-state index contributed by atoms with van der Waals surface area (Å²) in [5, 5.41) is 1.22. The van der Waals surface area contributed by atoms with Gasteiger partial charge in [-0.2, -0.15) is 4.72 Å². The van der Waals surface area contributed by atoms with Crippen LogP contribution in [0, 0.1) is 5.92 Å². The standard InChI is InChI=1S/C21H25ClN4O5S2/c22-15-5-6-17-14(9-15)10-19(32-17)33(30,31)24-16-4-2-8-26(21(16)29)12-18(27)25-7-1-3-13(11-25)20(23)28/h5-6,9-10,13,16,24H,1-4,7-8,11-12H2,(H2,23,28). The molecule has 2 saturated heterocycles. The first-order valence-corrected chi connectivity index (χ1v) is 13.4. The van der Waals surface area contributed by atoms with Crippen molar-refractivity contribution in [1.29, 1.82) is 0 Å². The lowest BCUT2D eigenvalue weighted by Crippen LogP contribution is -2.55. The summed E-state index contributed by atoms with van der Waals surface area (Å²) in [4.78, 5) is 40.2. The van der Waals surface area contributed by atoms with Crippen LogP contribution >= 0.6 is 22.9 Å². The third-order valence-corrected chi connectivity index (χ3v) is 9.35. The molecule has 3 amide bonds. The van der Waals surface area contributed by atoms with Crippen molar-refractivity contribution >= 4 is 60.8 Å². The highest BCUT2D eigenvalue weighted by Gasteiger charge is 2.35. The topological polar surface area (TPSA) is 130 Å². The molecule has 178 valence electrons. The molecule has 2 fully saturated rings. The third-order valence-electron chi connectivity index (χ3n) is 6.05. The Labute approximate surface area is 200 Å². The van der Waals surface area contributed by atoms with E-state index >= 15 is 0 Å². The zero-order chi connectivity index (χ0) is 23.8. The van der Waals surface area contributed by atoms with Gasteiger partial charge in [-0.1, -0.05) is 11.6 Å². The number of nitrogens with two attached hydrogens (primary N) is 1. The van der Waals surface area contributed by atoms with Gasteiger partial charge >= 0.3 is 0 Å². The van der Waals surface area contributed by atoms with Gasteiger partial charge in [-0.15, -0.1) is 11.3 Å². The average Bonchev–Trinajstić information content (AvgIpc) is 3.20. The average molecular weight is 513 g/mol. The summed E-state index contributed by atoms with van der Waals surface area (Å²) in [6.07, 6.45) is 2.25. The second-order valence-electron chi connectivity index (χ2n) is 8.40. The molecule has 9 nitrogen and oxygen atoms in total. The molecule has 0 aliphatic carbocycles. The minimum absolute atomic E-state index is 0.103. The molecule has 2 unspecified atom stereocenters. The largest absolute Gasteiger partial charge is 0.369 e. The molecule has 0 bridgehead atoms. The van der Waals surface area contributed by atoms with Crippen molar-refractivity contribution in [3.05, 3.63) is 29.3 Å². The van der Waals surface area contributed by atoms with Crippen LogP contribution in [0.5, 0.6) is 0 Å². The number of nitrogens with one attached hydrogen (secondary N) is 1. The summed E-state index contributed by atoms with van der Waals surface area (Å²) in [5.74, 6) is -1.50. The number of halogens is 1. The number of likely N-dealkylation sites (tertiary alicyclic amines) is 2. The van der Waals surface area contributed by atoms with Crippen LogP contribution in [0.25, 0.3) is 10.1 Å². The Morgan fingerprint density at radius 2 is 1.94 bits per heavy atom. The second kappa shape index (κ2) is 9.57. The summed E-state index contributed by atoms with van der Waals surface area (Å²) in [6.45, 7) is 0.986. The molecule has 0 saturated carbocycles. The van der Waals surface area contributed by atoms with E-state index in [2.05, 4.69) is 4.72 Å². The van der Waals surface area contributed by atoms with Crippen molar-refractivity contribution < 1.29 is 22.8 Å². The fourth-order valence-electron chi connectivity index (χ4n) is 4.27. The zero-order valence-corrected chi connectivity index (χ0v) is 20.2. The van der Waals surface area contributed by atoms with Gasteiger partial charge in [0, 0.05) is 29.4 Å². The number of benzene rings is 1. The predicted octanol–water partition coefficient (Wildman–Crippen LogP) is 1.55. The Balaban J connectivity index is 1.42. The number of nitrogens with zero attached hydrogens (tertiary/aromatic N) is 2. The molecule has 0 radical (unpaired) electrons. The van der Waals surface area contributed by atoms with E-state index in [4.69, 9.17) is 17.3 Å². The molecule has 2 aliphatic rings. The number of hydrogen-bond donors (Lipinski definition) is 2. The molecule has 2 atom stereocenters. The van der Waals surface area contributed by atoms with Gasteiger partial charge in [0.15, 0.2) is 0 Å². The molecule has 3 heterocycles. The predicted molar refractivity (Wildman–Crippen MR) is 125 cm³/mol. The van der Waals surface area contributed by atoms with Gasteiger partial charge in [0.25, 0.3) is 10.0 Å². The smallest absolute Gasteiger partial charge is 0.250 e. The number of sulfonamides is 1. The zero-order valence-electron chi connectivity index (χ0n) is 17.8. The van der Waals surface area contributed by atoms with Crippen LogP contribution in [0.2, 0.25) is 5.02 Å². The van der Waals surface area contributed by atoms with Crippen LogP contribution in [-0.4, -0.2) is 68.2 Å². The maximum absolute atomic E-state index is 13.0. The van der Waals surface area contributed by atoms with Gasteiger partial charge < -0.3 is 15.5 Å². The van der Waals surface area contributed by atoms with Crippen LogP contribution in [0.15, 0.2) is 28.5 Å². The molecule has 1 aromatic carbocycles. The van der Waals surface area contributed by atoms with E-state index in [1.54, 1.807) is 23.1 Å². The van der Waals surface area contributed by atoms with Crippen LogP contribution in [0.3, 0.4) is 0 Å². The first kappa shape index (κ1) is 23.9. The Hall–Kier alpha value is -2.21. The summed E-state index contributed by atoms with van der Waals surface area (Å²) in [7, 11) is -3.93.